The molecular weight excluding hydrogens is 264 g/mol. The predicted molar refractivity (Wildman–Crippen MR) is 75.2 cm³/mol. The highest BCUT2D eigenvalue weighted by Crippen LogP contribution is 2.11. The number of carbonyl (C=O) groups excluding carboxylic acids is 1. The summed E-state index contributed by atoms with van der Waals surface area (Å²) >= 11 is 5.85. The molecule has 0 bridgehead atoms. The summed E-state index contributed by atoms with van der Waals surface area (Å²) in [6.07, 6.45) is 0. The number of benzene rings is 1. The summed E-state index contributed by atoms with van der Waals surface area (Å²) in [7, 11) is 1.95. The fourth-order valence-electron chi connectivity index (χ4n) is 2.10. The maximum absolute atomic E-state index is 12.1. The highest BCUT2D eigenvalue weighted by Gasteiger charge is 2.18. The summed E-state index contributed by atoms with van der Waals surface area (Å²) in [4.78, 5) is 15.9. The van der Waals surface area contributed by atoms with E-state index in [4.69, 9.17) is 16.3 Å². The zero-order valence-electron chi connectivity index (χ0n) is 11.1. The lowest BCUT2D eigenvalue weighted by Gasteiger charge is -2.28. The molecule has 1 saturated heterocycles. The Morgan fingerprint density at radius 3 is 2.58 bits per heavy atom. The Kier molecular flexibility index (Phi) is 5.19. The molecule has 0 radical (unpaired) electrons. The minimum atomic E-state index is 0.166. The van der Waals surface area contributed by atoms with Crippen LogP contribution >= 0.6 is 11.6 Å². The maximum atomic E-state index is 12.1. The van der Waals surface area contributed by atoms with Gasteiger partial charge in [-0.1, -0.05) is 23.7 Å². The van der Waals surface area contributed by atoms with E-state index < -0.39 is 0 Å². The Labute approximate surface area is 118 Å². The molecule has 1 aromatic rings. The number of nitrogens with zero attached hydrogens (tertiary/aromatic N) is 2. The van der Waals surface area contributed by atoms with Gasteiger partial charge >= 0.3 is 0 Å². The summed E-state index contributed by atoms with van der Waals surface area (Å²) < 4.78 is 5.24. The molecule has 5 heteroatoms. The Balaban J connectivity index is 1.81. The van der Waals surface area contributed by atoms with E-state index in [1.54, 1.807) is 0 Å². The highest BCUT2D eigenvalue weighted by molar-refractivity contribution is 6.30. The largest absolute Gasteiger partial charge is 0.378 e. The molecule has 0 unspecified atom stereocenters. The molecule has 0 N–H and O–H groups in total. The lowest BCUT2D eigenvalue weighted by Crippen LogP contribution is -2.44. The van der Waals surface area contributed by atoms with Crippen LogP contribution in [0.1, 0.15) is 5.56 Å². The molecule has 2 rings (SSSR count). The van der Waals surface area contributed by atoms with Crippen LogP contribution in [0.2, 0.25) is 5.02 Å². The van der Waals surface area contributed by atoms with Gasteiger partial charge in [0.2, 0.25) is 5.91 Å². The van der Waals surface area contributed by atoms with E-state index in [1.807, 2.05) is 41.1 Å². The van der Waals surface area contributed by atoms with E-state index in [0.717, 1.165) is 17.1 Å². The van der Waals surface area contributed by atoms with Crippen molar-refractivity contribution in [1.29, 1.82) is 0 Å². The average molecular weight is 283 g/mol. The second kappa shape index (κ2) is 6.89. The van der Waals surface area contributed by atoms with Crippen LogP contribution < -0.4 is 0 Å². The highest BCUT2D eigenvalue weighted by atomic mass is 35.5. The van der Waals surface area contributed by atoms with Gasteiger partial charge in [0.25, 0.3) is 0 Å². The normalized spacial score (nSPS) is 15.8. The molecule has 0 saturated carbocycles. The zero-order valence-corrected chi connectivity index (χ0v) is 11.9. The van der Waals surface area contributed by atoms with Gasteiger partial charge in [0.05, 0.1) is 19.8 Å². The van der Waals surface area contributed by atoms with Gasteiger partial charge in [0.15, 0.2) is 0 Å². The van der Waals surface area contributed by atoms with Crippen molar-refractivity contribution in [3.63, 3.8) is 0 Å². The van der Waals surface area contributed by atoms with Gasteiger partial charge in [-0.15, -0.1) is 0 Å². The lowest BCUT2D eigenvalue weighted by molar-refractivity contribution is -0.136. The van der Waals surface area contributed by atoms with Crippen LogP contribution in [0, 0.1) is 0 Å². The summed E-state index contributed by atoms with van der Waals surface area (Å²) in [5, 5.41) is 0.732. The Morgan fingerprint density at radius 2 is 1.95 bits per heavy atom. The van der Waals surface area contributed by atoms with Crippen LogP contribution in [0.5, 0.6) is 0 Å². The van der Waals surface area contributed by atoms with Gasteiger partial charge in [-0.05, 0) is 24.7 Å². The number of morpholine rings is 1. The molecule has 4 nitrogen and oxygen atoms in total. The van der Waals surface area contributed by atoms with Gasteiger partial charge in [0.1, 0.15) is 0 Å². The van der Waals surface area contributed by atoms with E-state index in [2.05, 4.69) is 0 Å². The van der Waals surface area contributed by atoms with E-state index in [-0.39, 0.29) is 5.91 Å². The molecule has 0 spiro atoms. The average Bonchev–Trinajstić information content (AvgIpc) is 2.42. The minimum Gasteiger partial charge on any atom is -0.378 e. The molecule has 0 aliphatic carbocycles. The molecule has 0 aromatic heterocycles. The topological polar surface area (TPSA) is 32.8 Å². The van der Waals surface area contributed by atoms with Crippen molar-refractivity contribution in [3.8, 4) is 0 Å². The quantitative estimate of drug-likeness (QED) is 0.841. The van der Waals surface area contributed by atoms with E-state index in [9.17, 15) is 4.79 Å². The number of ether oxygens (including phenoxy) is 1. The number of halogens is 1. The smallest absolute Gasteiger partial charge is 0.236 e. The lowest BCUT2D eigenvalue weighted by atomic mass is 10.2. The molecule has 1 fully saturated rings. The van der Waals surface area contributed by atoms with E-state index in [0.29, 0.717) is 32.8 Å². The van der Waals surface area contributed by atoms with Crippen molar-refractivity contribution in [2.45, 2.75) is 6.54 Å². The van der Waals surface area contributed by atoms with Crippen LogP contribution in [-0.4, -0.2) is 55.6 Å². The molecule has 1 aromatic carbocycles. The molecule has 104 valence electrons. The standard InChI is InChI=1S/C14H19ClN2O2/c1-16(10-12-2-4-13(15)5-3-12)11-14(18)17-6-8-19-9-7-17/h2-5H,6-11H2,1H3. The van der Waals surface area contributed by atoms with E-state index >= 15 is 0 Å². The van der Waals surface area contributed by atoms with Gasteiger partial charge < -0.3 is 9.64 Å². The maximum Gasteiger partial charge on any atom is 0.236 e. The van der Waals surface area contributed by atoms with Gasteiger partial charge in [-0.3, -0.25) is 9.69 Å². The molecule has 1 aliphatic rings. The number of hydrogen-bond donors (Lipinski definition) is 0. The molecule has 0 atom stereocenters. The number of amides is 1. The molecule has 1 amide bonds. The summed E-state index contributed by atoms with van der Waals surface area (Å²) in [6.45, 7) is 3.87. The van der Waals surface area contributed by atoms with Crippen LogP contribution in [-0.2, 0) is 16.1 Å². The van der Waals surface area contributed by atoms with Crippen LogP contribution in [0.4, 0.5) is 0 Å². The van der Waals surface area contributed by atoms with Crippen LogP contribution in [0.3, 0.4) is 0 Å². The second-order valence-electron chi connectivity index (χ2n) is 4.79. The van der Waals surface area contributed by atoms with Gasteiger partial charge in [-0.2, -0.15) is 0 Å². The third-order valence-electron chi connectivity index (χ3n) is 3.13. The van der Waals surface area contributed by atoms with Gasteiger partial charge in [-0.25, -0.2) is 0 Å². The van der Waals surface area contributed by atoms with Crippen molar-refractivity contribution >= 4 is 17.5 Å². The fraction of sp³-hybridized carbons (Fsp3) is 0.500. The number of carbonyl (C=O) groups is 1. The number of hydrogen-bond acceptors (Lipinski definition) is 3. The summed E-state index contributed by atoms with van der Waals surface area (Å²) in [6, 6.07) is 7.71. The predicted octanol–water partition coefficient (Wildman–Crippen LogP) is 1.63. The molecule has 19 heavy (non-hydrogen) atoms. The summed E-state index contributed by atoms with van der Waals surface area (Å²) in [5.41, 5.74) is 1.15. The minimum absolute atomic E-state index is 0.166. The molecule has 1 aliphatic heterocycles. The SMILES string of the molecule is CN(CC(=O)N1CCOCC1)Cc1ccc(Cl)cc1. The van der Waals surface area contributed by atoms with Crippen molar-refractivity contribution in [2.75, 3.05) is 39.9 Å². The number of rotatable bonds is 4. The third-order valence-corrected chi connectivity index (χ3v) is 3.39. The van der Waals surface area contributed by atoms with Crippen LogP contribution in [0.15, 0.2) is 24.3 Å². The first-order valence-electron chi connectivity index (χ1n) is 6.43. The van der Waals surface area contributed by atoms with E-state index in [1.165, 1.54) is 0 Å². The first-order chi connectivity index (χ1) is 9.15. The number of likely N-dealkylation sites (N-methyl/N-ethyl adjacent to an activating group) is 1. The zero-order chi connectivity index (χ0) is 13.7. The Hall–Kier alpha value is -1.10. The monoisotopic (exact) mass is 282 g/mol. The Morgan fingerprint density at radius 1 is 1.32 bits per heavy atom. The van der Waals surface area contributed by atoms with Crippen molar-refractivity contribution in [3.05, 3.63) is 34.9 Å². The third kappa shape index (κ3) is 4.49. The first-order valence-corrected chi connectivity index (χ1v) is 6.81. The molecule has 1 heterocycles. The summed E-state index contributed by atoms with van der Waals surface area (Å²) in [5.74, 6) is 0.166. The van der Waals surface area contributed by atoms with Crippen molar-refractivity contribution in [1.82, 2.24) is 9.80 Å². The Bertz CT molecular complexity index is 416. The van der Waals surface area contributed by atoms with Crippen LogP contribution in [0.25, 0.3) is 0 Å². The van der Waals surface area contributed by atoms with Crippen molar-refractivity contribution in [2.24, 2.45) is 0 Å². The van der Waals surface area contributed by atoms with Crippen molar-refractivity contribution < 1.29 is 9.53 Å². The molecular formula is C14H19ClN2O2. The second-order valence-corrected chi connectivity index (χ2v) is 5.23. The first kappa shape index (κ1) is 14.3. The van der Waals surface area contributed by atoms with Gasteiger partial charge in [0, 0.05) is 24.7 Å². The fourth-order valence-corrected chi connectivity index (χ4v) is 2.23.